The Morgan fingerprint density at radius 2 is 1.48 bits per heavy atom. The SMILES string of the molecule is CCCC(Oc1c(-c2cc(OC)c(OC)c(OC)c2)oc2cc(OC)cc(OC)c2c1=O)N1CCN(S(=O)(=O)c2ccccc2Cl)CC1. The van der Waals surface area contributed by atoms with Crippen molar-refractivity contribution in [3.63, 3.8) is 0 Å². The molecule has 258 valence electrons. The number of halogens is 1. The summed E-state index contributed by atoms with van der Waals surface area (Å²) < 4.78 is 69.0. The lowest BCUT2D eigenvalue weighted by Gasteiger charge is -2.38. The lowest BCUT2D eigenvalue weighted by molar-refractivity contribution is -0.00175. The molecule has 5 rings (SSSR count). The second kappa shape index (κ2) is 14.9. The zero-order valence-electron chi connectivity index (χ0n) is 27.7. The number of nitrogens with zero attached hydrogens (tertiary/aromatic N) is 2. The van der Waals surface area contributed by atoms with Crippen LogP contribution in [0.25, 0.3) is 22.3 Å². The summed E-state index contributed by atoms with van der Waals surface area (Å²) in [5, 5.41) is 0.345. The van der Waals surface area contributed by atoms with Gasteiger partial charge in [-0.2, -0.15) is 4.31 Å². The Kier molecular flexibility index (Phi) is 10.9. The third-order valence-electron chi connectivity index (χ3n) is 8.20. The first kappa shape index (κ1) is 35.1. The fourth-order valence-corrected chi connectivity index (χ4v) is 7.67. The van der Waals surface area contributed by atoms with Gasteiger partial charge < -0.3 is 32.8 Å². The first-order valence-corrected chi connectivity index (χ1v) is 17.1. The maximum Gasteiger partial charge on any atom is 0.244 e. The van der Waals surface area contributed by atoms with E-state index in [1.54, 1.807) is 42.5 Å². The number of hydrogen-bond donors (Lipinski definition) is 0. The molecule has 1 aliphatic rings. The molecule has 0 aliphatic carbocycles. The Hall–Kier alpha value is -4.17. The number of rotatable bonds is 13. The summed E-state index contributed by atoms with van der Waals surface area (Å²) in [5.74, 6) is 1.83. The molecule has 0 spiro atoms. The zero-order valence-corrected chi connectivity index (χ0v) is 29.3. The number of piperazine rings is 1. The molecule has 0 N–H and O–H groups in total. The van der Waals surface area contributed by atoms with Gasteiger partial charge >= 0.3 is 0 Å². The predicted molar refractivity (Wildman–Crippen MR) is 182 cm³/mol. The van der Waals surface area contributed by atoms with Gasteiger partial charge in [0, 0.05) is 43.9 Å². The lowest BCUT2D eigenvalue weighted by atomic mass is 10.1. The molecule has 2 heterocycles. The van der Waals surface area contributed by atoms with Gasteiger partial charge in [-0.25, -0.2) is 8.42 Å². The summed E-state index contributed by atoms with van der Waals surface area (Å²) in [4.78, 5) is 16.5. The van der Waals surface area contributed by atoms with Gasteiger partial charge in [0.15, 0.2) is 23.5 Å². The van der Waals surface area contributed by atoms with E-state index < -0.39 is 21.7 Å². The molecule has 1 unspecified atom stereocenters. The smallest absolute Gasteiger partial charge is 0.244 e. The van der Waals surface area contributed by atoms with Crippen molar-refractivity contribution in [3.8, 4) is 45.8 Å². The van der Waals surface area contributed by atoms with Gasteiger partial charge in [-0.15, -0.1) is 0 Å². The van der Waals surface area contributed by atoms with Gasteiger partial charge in [-0.1, -0.05) is 37.1 Å². The summed E-state index contributed by atoms with van der Waals surface area (Å²) in [6.07, 6.45) is 0.677. The maximum atomic E-state index is 14.4. The number of benzene rings is 3. The topological polar surface area (TPSA) is 126 Å². The Morgan fingerprint density at radius 1 is 0.833 bits per heavy atom. The maximum absolute atomic E-state index is 14.4. The van der Waals surface area contributed by atoms with Gasteiger partial charge in [-0.3, -0.25) is 9.69 Å². The highest BCUT2D eigenvalue weighted by molar-refractivity contribution is 7.89. The summed E-state index contributed by atoms with van der Waals surface area (Å²) in [5.41, 5.74) is 0.199. The van der Waals surface area contributed by atoms with Crippen LogP contribution in [0.4, 0.5) is 0 Å². The molecule has 1 aliphatic heterocycles. The normalized spacial score (nSPS) is 14.8. The van der Waals surface area contributed by atoms with E-state index in [1.807, 2.05) is 11.8 Å². The van der Waals surface area contributed by atoms with Crippen LogP contribution in [0.2, 0.25) is 5.02 Å². The van der Waals surface area contributed by atoms with Crippen LogP contribution in [0.1, 0.15) is 19.8 Å². The number of hydrogen-bond acceptors (Lipinski definition) is 11. The van der Waals surface area contributed by atoms with E-state index in [0.717, 1.165) is 6.42 Å². The van der Waals surface area contributed by atoms with Crippen LogP contribution in [0.15, 0.2) is 62.6 Å². The minimum atomic E-state index is -3.81. The van der Waals surface area contributed by atoms with Crippen LogP contribution in [-0.2, 0) is 10.0 Å². The van der Waals surface area contributed by atoms with Crippen molar-refractivity contribution < 1.29 is 41.3 Å². The molecule has 14 heteroatoms. The van der Waals surface area contributed by atoms with Crippen LogP contribution in [0.3, 0.4) is 0 Å². The number of sulfonamides is 1. The predicted octanol–water partition coefficient (Wildman–Crippen LogP) is 5.67. The van der Waals surface area contributed by atoms with Crippen molar-refractivity contribution in [2.75, 3.05) is 61.7 Å². The second-order valence-corrected chi connectivity index (χ2v) is 13.3. The van der Waals surface area contributed by atoms with Gasteiger partial charge in [0.25, 0.3) is 0 Å². The molecular formula is C34H39ClN2O10S. The average Bonchev–Trinajstić information content (AvgIpc) is 3.11. The van der Waals surface area contributed by atoms with E-state index in [9.17, 15) is 13.2 Å². The second-order valence-electron chi connectivity index (χ2n) is 10.9. The van der Waals surface area contributed by atoms with Crippen LogP contribution < -0.4 is 33.8 Å². The number of fused-ring (bicyclic) bond motifs is 1. The van der Waals surface area contributed by atoms with Crippen molar-refractivity contribution in [2.45, 2.75) is 30.9 Å². The summed E-state index contributed by atoms with van der Waals surface area (Å²) in [6.45, 7) is 3.13. The fourth-order valence-electron chi connectivity index (χ4n) is 5.76. The average molecular weight is 703 g/mol. The Balaban J connectivity index is 1.58. The van der Waals surface area contributed by atoms with Gasteiger partial charge in [0.1, 0.15) is 27.4 Å². The molecule has 4 aromatic rings. The molecule has 0 radical (unpaired) electrons. The van der Waals surface area contributed by atoms with Crippen LogP contribution >= 0.6 is 11.6 Å². The Bertz CT molecular complexity index is 1920. The van der Waals surface area contributed by atoms with Gasteiger partial charge in [-0.05, 0) is 30.7 Å². The molecule has 3 aromatic carbocycles. The molecule has 1 fully saturated rings. The highest BCUT2D eigenvalue weighted by Crippen LogP contribution is 2.44. The van der Waals surface area contributed by atoms with E-state index in [1.165, 1.54) is 45.9 Å². The molecule has 1 aromatic heterocycles. The molecule has 0 saturated carbocycles. The van der Waals surface area contributed by atoms with Crippen molar-refractivity contribution in [1.29, 1.82) is 0 Å². The minimum Gasteiger partial charge on any atom is -0.496 e. The summed E-state index contributed by atoms with van der Waals surface area (Å²) in [7, 11) is 3.64. The Labute approximate surface area is 284 Å². The monoisotopic (exact) mass is 702 g/mol. The molecule has 0 bridgehead atoms. The largest absolute Gasteiger partial charge is 0.496 e. The molecule has 1 saturated heterocycles. The third-order valence-corrected chi connectivity index (χ3v) is 10.6. The van der Waals surface area contributed by atoms with Crippen molar-refractivity contribution in [1.82, 2.24) is 9.21 Å². The summed E-state index contributed by atoms with van der Waals surface area (Å²) >= 11 is 6.24. The van der Waals surface area contributed by atoms with E-state index in [2.05, 4.69) is 0 Å². The highest BCUT2D eigenvalue weighted by Gasteiger charge is 2.34. The van der Waals surface area contributed by atoms with Crippen LogP contribution in [-0.4, -0.2) is 85.6 Å². The number of methoxy groups -OCH3 is 5. The standard InChI is InChI=1S/C34H39ClN2O10S/c1-7-10-29(36-13-15-37(16-14-36)48(39,40)28-12-9-8-11-23(28)35)47-34-31(38)30-24(42-3)19-22(41-2)20-25(30)46-32(34)21-17-26(43-4)33(45-6)27(18-21)44-5/h8-9,11-12,17-20,29H,7,10,13-16H2,1-6H3. The minimum absolute atomic E-state index is 0.0511. The van der Waals surface area contributed by atoms with Crippen molar-refractivity contribution in [3.05, 3.63) is 63.8 Å². The fraction of sp³-hybridized carbons (Fsp3) is 0.382. The van der Waals surface area contributed by atoms with Crippen LogP contribution in [0.5, 0.6) is 34.5 Å². The first-order valence-electron chi connectivity index (χ1n) is 15.3. The molecule has 48 heavy (non-hydrogen) atoms. The summed E-state index contributed by atoms with van der Waals surface area (Å²) in [6, 6.07) is 12.9. The van der Waals surface area contributed by atoms with E-state index in [4.69, 9.17) is 44.4 Å². The van der Waals surface area contributed by atoms with E-state index >= 15 is 0 Å². The van der Waals surface area contributed by atoms with Crippen molar-refractivity contribution >= 4 is 32.6 Å². The third kappa shape index (κ3) is 6.73. The van der Waals surface area contributed by atoms with Gasteiger partial charge in [0.05, 0.1) is 40.6 Å². The molecule has 12 nitrogen and oxygen atoms in total. The molecular weight excluding hydrogens is 664 g/mol. The quantitative estimate of drug-likeness (QED) is 0.171. The van der Waals surface area contributed by atoms with Crippen LogP contribution in [0, 0.1) is 0 Å². The molecule has 0 amide bonds. The van der Waals surface area contributed by atoms with E-state index in [-0.39, 0.29) is 51.2 Å². The first-order chi connectivity index (χ1) is 23.1. The van der Waals surface area contributed by atoms with Gasteiger partial charge in [0.2, 0.25) is 27.0 Å². The molecule has 1 atom stereocenters. The highest BCUT2D eigenvalue weighted by atomic mass is 35.5. The van der Waals surface area contributed by atoms with Crippen molar-refractivity contribution in [2.24, 2.45) is 0 Å². The lowest BCUT2D eigenvalue weighted by Crippen LogP contribution is -2.53. The van der Waals surface area contributed by atoms with E-state index in [0.29, 0.717) is 48.1 Å². The number of ether oxygens (including phenoxy) is 6. The Morgan fingerprint density at radius 3 is 2.04 bits per heavy atom. The zero-order chi connectivity index (χ0) is 34.6.